The predicted octanol–water partition coefficient (Wildman–Crippen LogP) is -0.417. The lowest BCUT2D eigenvalue weighted by atomic mass is 11.0. The monoisotopic (exact) mass is 162 g/mol. The SMILES string of the molecule is CNS(=O)(=O)c1ncco1. The summed E-state index contributed by atoms with van der Waals surface area (Å²) in [7, 11) is -2.19. The van der Waals surface area contributed by atoms with Crippen LogP contribution in [0.5, 0.6) is 0 Å². The van der Waals surface area contributed by atoms with Crippen molar-refractivity contribution in [1.82, 2.24) is 9.71 Å². The number of nitrogens with one attached hydrogen (secondary N) is 1. The van der Waals surface area contributed by atoms with E-state index in [2.05, 4.69) is 14.1 Å². The zero-order valence-corrected chi connectivity index (χ0v) is 6.05. The molecule has 56 valence electrons. The molecule has 0 bridgehead atoms. The summed E-state index contributed by atoms with van der Waals surface area (Å²) in [6.07, 6.45) is 2.47. The van der Waals surface area contributed by atoms with Crippen molar-refractivity contribution in [3.05, 3.63) is 12.5 Å². The Hall–Kier alpha value is -0.880. The number of aromatic nitrogens is 1. The van der Waals surface area contributed by atoms with Gasteiger partial charge in [0.2, 0.25) is 0 Å². The van der Waals surface area contributed by atoms with Crippen LogP contribution in [0, 0.1) is 0 Å². The lowest BCUT2D eigenvalue weighted by molar-refractivity contribution is 0.427. The van der Waals surface area contributed by atoms with Gasteiger partial charge in [-0.25, -0.2) is 18.1 Å². The topological polar surface area (TPSA) is 72.2 Å². The van der Waals surface area contributed by atoms with Crippen LogP contribution >= 0.6 is 0 Å². The fourth-order valence-electron chi connectivity index (χ4n) is 0.430. The normalized spacial score (nSPS) is 11.7. The van der Waals surface area contributed by atoms with Crippen LogP contribution in [0.4, 0.5) is 0 Å². The van der Waals surface area contributed by atoms with Crippen LogP contribution in [-0.2, 0) is 10.0 Å². The summed E-state index contributed by atoms with van der Waals surface area (Å²) in [5, 5.41) is -0.310. The quantitative estimate of drug-likeness (QED) is 0.641. The van der Waals surface area contributed by atoms with E-state index in [-0.39, 0.29) is 5.22 Å². The molecule has 0 radical (unpaired) electrons. The van der Waals surface area contributed by atoms with E-state index in [9.17, 15) is 8.42 Å². The first-order chi connectivity index (χ1) is 4.67. The van der Waals surface area contributed by atoms with Gasteiger partial charge in [0, 0.05) is 0 Å². The van der Waals surface area contributed by atoms with Gasteiger partial charge < -0.3 is 4.42 Å². The van der Waals surface area contributed by atoms with Gasteiger partial charge in [0.05, 0.1) is 6.20 Å². The van der Waals surface area contributed by atoms with Crippen molar-refractivity contribution in [2.45, 2.75) is 5.22 Å². The first-order valence-electron chi connectivity index (χ1n) is 2.50. The Morgan fingerprint density at radius 2 is 2.40 bits per heavy atom. The van der Waals surface area contributed by atoms with E-state index >= 15 is 0 Å². The average molecular weight is 162 g/mol. The summed E-state index contributed by atoms with van der Waals surface area (Å²) in [6, 6.07) is 0. The van der Waals surface area contributed by atoms with Gasteiger partial charge in [-0.2, -0.15) is 0 Å². The Bertz CT molecular complexity index is 288. The van der Waals surface area contributed by atoms with Gasteiger partial charge in [0.25, 0.3) is 10.0 Å². The summed E-state index contributed by atoms with van der Waals surface area (Å²) >= 11 is 0. The maximum Gasteiger partial charge on any atom is 0.330 e. The molecule has 0 aliphatic heterocycles. The van der Waals surface area contributed by atoms with Crippen LogP contribution in [0.15, 0.2) is 22.1 Å². The molecular weight excluding hydrogens is 156 g/mol. The van der Waals surface area contributed by atoms with Gasteiger partial charge in [-0.05, 0) is 7.05 Å². The Kier molecular flexibility index (Phi) is 1.73. The molecule has 1 rings (SSSR count). The molecule has 1 heterocycles. The highest BCUT2D eigenvalue weighted by atomic mass is 32.2. The van der Waals surface area contributed by atoms with Gasteiger partial charge in [0.1, 0.15) is 6.26 Å². The Morgan fingerprint density at radius 3 is 2.80 bits per heavy atom. The standard InChI is InChI=1S/C4H6N2O3S/c1-5-10(7,8)4-6-2-3-9-4/h2-3,5H,1H3. The molecule has 1 aromatic heterocycles. The van der Waals surface area contributed by atoms with Crippen LogP contribution in [0.2, 0.25) is 0 Å². The van der Waals surface area contributed by atoms with E-state index in [1.54, 1.807) is 0 Å². The number of hydrogen-bond donors (Lipinski definition) is 1. The highest BCUT2D eigenvalue weighted by Crippen LogP contribution is 2.01. The lowest BCUT2D eigenvalue weighted by Gasteiger charge is -1.92. The fraction of sp³-hybridized carbons (Fsp3) is 0.250. The number of rotatable bonds is 2. The van der Waals surface area contributed by atoms with Crippen LogP contribution in [0.3, 0.4) is 0 Å². The highest BCUT2D eigenvalue weighted by Gasteiger charge is 2.15. The van der Waals surface area contributed by atoms with Crippen molar-refractivity contribution in [2.75, 3.05) is 7.05 Å². The zero-order valence-electron chi connectivity index (χ0n) is 5.23. The second-order valence-corrected chi connectivity index (χ2v) is 3.27. The molecule has 0 atom stereocenters. The van der Waals surface area contributed by atoms with E-state index in [1.165, 1.54) is 19.5 Å². The average Bonchev–Trinajstić information content (AvgIpc) is 2.38. The minimum atomic E-state index is -3.48. The molecular formula is C4H6N2O3S. The minimum Gasteiger partial charge on any atom is -0.436 e. The summed E-state index contributed by atoms with van der Waals surface area (Å²) in [4.78, 5) is 3.44. The van der Waals surface area contributed by atoms with Crippen molar-refractivity contribution in [1.29, 1.82) is 0 Å². The first-order valence-corrected chi connectivity index (χ1v) is 3.98. The summed E-state index contributed by atoms with van der Waals surface area (Å²) in [5.41, 5.74) is 0. The molecule has 0 saturated heterocycles. The van der Waals surface area contributed by atoms with E-state index in [0.29, 0.717) is 0 Å². The molecule has 10 heavy (non-hydrogen) atoms. The maximum atomic E-state index is 10.8. The second kappa shape index (κ2) is 2.39. The smallest absolute Gasteiger partial charge is 0.330 e. The van der Waals surface area contributed by atoms with Crippen molar-refractivity contribution in [3.63, 3.8) is 0 Å². The third-order valence-corrected chi connectivity index (χ3v) is 2.11. The van der Waals surface area contributed by atoms with Gasteiger partial charge in [-0.1, -0.05) is 0 Å². The number of oxazole rings is 1. The van der Waals surface area contributed by atoms with Gasteiger partial charge in [0.15, 0.2) is 0 Å². The molecule has 0 aliphatic rings. The van der Waals surface area contributed by atoms with Gasteiger partial charge >= 0.3 is 5.22 Å². The molecule has 0 aliphatic carbocycles. The zero-order chi connectivity index (χ0) is 7.61. The van der Waals surface area contributed by atoms with Crippen LogP contribution in [0.1, 0.15) is 0 Å². The molecule has 0 spiro atoms. The summed E-state index contributed by atoms with van der Waals surface area (Å²) < 4.78 is 28.2. The van der Waals surface area contributed by atoms with Crippen molar-refractivity contribution in [3.8, 4) is 0 Å². The van der Waals surface area contributed by atoms with E-state index in [1.807, 2.05) is 0 Å². The summed E-state index contributed by atoms with van der Waals surface area (Å²) in [6.45, 7) is 0. The largest absolute Gasteiger partial charge is 0.436 e. The molecule has 1 N–H and O–H groups in total. The maximum absolute atomic E-state index is 10.8. The number of hydrogen-bond acceptors (Lipinski definition) is 4. The molecule has 0 fully saturated rings. The third-order valence-electron chi connectivity index (χ3n) is 0.908. The summed E-state index contributed by atoms with van der Waals surface area (Å²) in [5.74, 6) is 0. The van der Waals surface area contributed by atoms with E-state index < -0.39 is 10.0 Å². The fourth-order valence-corrected chi connectivity index (χ4v) is 0.987. The Balaban J connectivity index is 3.09. The van der Waals surface area contributed by atoms with E-state index in [0.717, 1.165) is 0 Å². The van der Waals surface area contributed by atoms with Crippen LogP contribution in [0.25, 0.3) is 0 Å². The van der Waals surface area contributed by atoms with Gasteiger partial charge in [-0.15, -0.1) is 0 Å². The molecule has 0 saturated carbocycles. The highest BCUT2D eigenvalue weighted by molar-refractivity contribution is 7.89. The molecule has 0 unspecified atom stereocenters. The van der Waals surface area contributed by atoms with Crippen LogP contribution < -0.4 is 4.72 Å². The van der Waals surface area contributed by atoms with Crippen LogP contribution in [-0.4, -0.2) is 20.4 Å². The Morgan fingerprint density at radius 1 is 1.70 bits per heavy atom. The van der Waals surface area contributed by atoms with Crippen molar-refractivity contribution < 1.29 is 12.8 Å². The molecule has 5 nitrogen and oxygen atoms in total. The van der Waals surface area contributed by atoms with Crippen molar-refractivity contribution >= 4 is 10.0 Å². The van der Waals surface area contributed by atoms with E-state index in [4.69, 9.17) is 0 Å². The number of nitrogens with zero attached hydrogens (tertiary/aromatic N) is 1. The predicted molar refractivity (Wildman–Crippen MR) is 32.7 cm³/mol. The van der Waals surface area contributed by atoms with Crippen molar-refractivity contribution in [2.24, 2.45) is 0 Å². The van der Waals surface area contributed by atoms with Gasteiger partial charge in [-0.3, -0.25) is 0 Å². The lowest BCUT2D eigenvalue weighted by Crippen LogP contribution is -2.18. The minimum absolute atomic E-state index is 0.310. The molecule has 0 amide bonds. The number of sulfonamides is 1. The first kappa shape index (κ1) is 7.23. The molecule has 1 aromatic rings. The molecule has 6 heteroatoms. The third kappa shape index (κ3) is 1.17. The molecule has 0 aromatic carbocycles. The Labute approximate surface area is 58.1 Å². The second-order valence-electron chi connectivity index (χ2n) is 1.51.